The summed E-state index contributed by atoms with van der Waals surface area (Å²) in [6.45, 7) is 11.1. The first kappa shape index (κ1) is 37.9. The topological polar surface area (TPSA) is 166 Å². The summed E-state index contributed by atoms with van der Waals surface area (Å²) in [7, 11) is 0. The third-order valence-electron chi connectivity index (χ3n) is 9.26. The first-order valence-electron chi connectivity index (χ1n) is 17.8. The van der Waals surface area contributed by atoms with Gasteiger partial charge in [0.2, 0.25) is 17.7 Å². The number of aromatic amines is 1. The molecule has 0 saturated carbocycles. The number of benzene rings is 3. The molecule has 0 aliphatic carbocycles. The van der Waals surface area contributed by atoms with Crippen molar-refractivity contribution in [3.8, 4) is 5.75 Å². The highest BCUT2D eigenvalue weighted by Crippen LogP contribution is 2.28. The lowest BCUT2D eigenvalue weighted by molar-refractivity contribution is -0.143. The second-order valence-electron chi connectivity index (χ2n) is 14.6. The first-order chi connectivity index (χ1) is 24.7. The van der Waals surface area contributed by atoms with Crippen LogP contribution in [0.1, 0.15) is 86.6 Å². The average Bonchev–Trinajstić information content (AvgIpc) is 3.51. The number of aryl methyl sites for hydroxylation is 2. The fourth-order valence-electron chi connectivity index (χ4n) is 6.76. The molecule has 5 N–H and O–H groups in total. The van der Waals surface area contributed by atoms with Crippen LogP contribution in [0.5, 0.6) is 5.75 Å². The van der Waals surface area contributed by atoms with Crippen LogP contribution in [-0.4, -0.2) is 68.0 Å². The van der Waals surface area contributed by atoms with Gasteiger partial charge in [-0.1, -0.05) is 36.4 Å². The molecule has 1 aliphatic rings. The summed E-state index contributed by atoms with van der Waals surface area (Å²) in [5.74, 6) is -0.156. The van der Waals surface area contributed by atoms with Gasteiger partial charge in [-0.05, 0) is 106 Å². The minimum absolute atomic E-state index is 0.0975. The summed E-state index contributed by atoms with van der Waals surface area (Å²) in [6, 6.07) is 16.2. The Morgan fingerprint density at radius 1 is 0.981 bits per heavy atom. The maximum atomic E-state index is 14.8. The number of phenolic OH excluding ortho intramolecular Hbond substituents is 1. The molecular weight excluding hydrogens is 660 g/mol. The van der Waals surface area contributed by atoms with E-state index in [1.807, 2.05) is 62.4 Å². The van der Waals surface area contributed by atoms with Gasteiger partial charge in [0.15, 0.2) is 0 Å². The summed E-state index contributed by atoms with van der Waals surface area (Å²) < 4.78 is 5.57. The fourth-order valence-corrected chi connectivity index (χ4v) is 6.76. The fraction of sp³-hybridized carbons (Fsp3) is 0.425. The number of amides is 4. The average molecular weight is 711 g/mol. The smallest absolute Gasteiger partial charge is 0.408 e. The number of fused-ring (bicyclic) bond motifs is 2. The van der Waals surface area contributed by atoms with Crippen LogP contribution in [0.25, 0.3) is 11.0 Å². The molecule has 12 heteroatoms. The van der Waals surface area contributed by atoms with Crippen LogP contribution in [0.4, 0.5) is 4.79 Å². The number of nitrogens with zero attached hydrogens (tertiary/aromatic N) is 2. The van der Waals surface area contributed by atoms with Gasteiger partial charge in [-0.25, -0.2) is 9.78 Å². The van der Waals surface area contributed by atoms with E-state index in [4.69, 9.17) is 9.72 Å². The highest BCUT2D eigenvalue weighted by atomic mass is 16.6. The van der Waals surface area contributed by atoms with Crippen molar-refractivity contribution in [2.75, 3.05) is 6.54 Å². The minimum atomic E-state index is -1.07. The van der Waals surface area contributed by atoms with E-state index in [0.29, 0.717) is 31.6 Å². The molecule has 52 heavy (non-hydrogen) atoms. The number of rotatable bonds is 12. The minimum Gasteiger partial charge on any atom is -0.508 e. The highest BCUT2D eigenvalue weighted by Gasteiger charge is 2.39. The van der Waals surface area contributed by atoms with Crippen molar-refractivity contribution < 1.29 is 29.0 Å². The van der Waals surface area contributed by atoms with Crippen molar-refractivity contribution in [2.45, 2.75) is 104 Å². The van der Waals surface area contributed by atoms with Crippen molar-refractivity contribution in [2.24, 2.45) is 0 Å². The molecule has 4 aromatic rings. The molecule has 4 amide bonds. The number of para-hydroxylation sites is 2. The molecule has 0 radical (unpaired) electrons. The second-order valence-corrected chi connectivity index (χ2v) is 14.6. The van der Waals surface area contributed by atoms with E-state index < -0.39 is 35.7 Å². The van der Waals surface area contributed by atoms with E-state index in [9.17, 15) is 24.3 Å². The molecule has 12 nitrogen and oxygen atoms in total. The lowest BCUT2D eigenvalue weighted by Gasteiger charge is -2.39. The van der Waals surface area contributed by atoms with Crippen LogP contribution in [0, 0.1) is 13.8 Å². The van der Waals surface area contributed by atoms with Gasteiger partial charge >= 0.3 is 6.09 Å². The van der Waals surface area contributed by atoms with Gasteiger partial charge in [0.25, 0.3) is 0 Å². The number of H-pyrrole nitrogens is 1. The lowest BCUT2D eigenvalue weighted by atomic mass is 9.91. The normalized spacial score (nSPS) is 15.3. The van der Waals surface area contributed by atoms with Crippen molar-refractivity contribution in [1.82, 2.24) is 30.8 Å². The Morgan fingerprint density at radius 2 is 1.65 bits per heavy atom. The number of unbranched alkanes of at least 4 members (excludes halogenated alkanes) is 1. The van der Waals surface area contributed by atoms with Gasteiger partial charge in [0, 0.05) is 32.9 Å². The number of alkyl carbamates (subject to hydrolysis) is 1. The standard InChI is InChI=1S/C40H50N6O6/c1-24-19-29(48)20-25(2)30(24)22-34(45-39(51)52-40(4,5)6)38(50)46-23-28-14-8-7-13-27(28)21-35(46)37(49)44-33(17-11-12-18-41-26(3)47)36-42-31-15-9-10-16-32(31)43-36/h7-10,13-16,19-20,33-35,48H,11-12,17-18,21-23H2,1-6H3,(H,41,47)(H,42,43)(H,44,49)(H,45,51)/t33-,34?,35?/m0/s1. The SMILES string of the molecule is CC(=O)NCCCC[C@H](NC(=O)C1Cc2ccccc2CN1C(=O)C(Cc1c(C)cc(O)cc1C)NC(=O)OC(C)(C)C)c1nc2ccccc2[nH]1. The van der Waals surface area contributed by atoms with Gasteiger partial charge in [0.1, 0.15) is 29.3 Å². The summed E-state index contributed by atoms with van der Waals surface area (Å²) in [4.78, 5) is 63.6. The number of hydrogen-bond acceptors (Lipinski definition) is 7. The van der Waals surface area contributed by atoms with Crippen molar-refractivity contribution in [3.63, 3.8) is 0 Å². The summed E-state index contributed by atoms with van der Waals surface area (Å²) in [5.41, 5.74) is 5.03. The van der Waals surface area contributed by atoms with E-state index in [-0.39, 0.29) is 37.0 Å². The molecule has 1 aliphatic heterocycles. The number of ether oxygens (including phenoxy) is 1. The third-order valence-corrected chi connectivity index (χ3v) is 9.26. The zero-order chi connectivity index (χ0) is 37.6. The predicted molar refractivity (Wildman–Crippen MR) is 198 cm³/mol. The van der Waals surface area contributed by atoms with Crippen LogP contribution in [0.2, 0.25) is 0 Å². The van der Waals surface area contributed by atoms with Crippen molar-refractivity contribution in [1.29, 1.82) is 0 Å². The number of carbonyl (C=O) groups is 4. The summed E-state index contributed by atoms with van der Waals surface area (Å²) >= 11 is 0. The molecule has 0 saturated heterocycles. The number of imidazole rings is 1. The van der Waals surface area contributed by atoms with E-state index in [1.54, 1.807) is 37.8 Å². The van der Waals surface area contributed by atoms with Crippen LogP contribution < -0.4 is 16.0 Å². The maximum Gasteiger partial charge on any atom is 0.408 e. The molecular formula is C40H50N6O6. The third kappa shape index (κ3) is 9.68. The van der Waals surface area contributed by atoms with E-state index in [1.165, 1.54) is 6.92 Å². The largest absolute Gasteiger partial charge is 0.508 e. The lowest BCUT2D eigenvalue weighted by Crippen LogP contribution is -2.58. The highest BCUT2D eigenvalue weighted by molar-refractivity contribution is 5.92. The second kappa shape index (κ2) is 16.3. The Balaban J connectivity index is 1.46. The van der Waals surface area contributed by atoms with Crippen molar-refractivity contribution in [3.05, 3.63) is 94.3 Å². The van der Waals surface area contributed by atoms with Crippen LogP contribution in [0.15, 0.2) is 60.7 Å². The molecule has 2 heterocycles. The van der Waals surface area contributed by atoms with E-state index in [2.05, 4.69) is 20.9 Å². The van der Waals surface area contributed by atoms with Gasteiger partial charge in [0.05, 0.1) is 17.1 Å². The molecule has 3 atom stereocenters. The van der Waals surface area contributed by atoms with Gasteiger partial charge < -0.3 is 35.7 Å². The van der Waals surface area contributed by atoms with Gasteiger partial charge in [-0.3, -0.25) is 14.4 Å². The quantitative estimate of drug-likeness (QED) is 0.122. The molecule has 0 bridgehead atoms. The van der Waals surface area contributed by atoms with E-state index >= 15 is 0 Å². The van der Waals surface area contributed by atoms with E-state index in [0.717, 1.165) is 38.9 Å². The Morgan fingerprint density at radius 3 is 2.33 bits per heavy atom. The number of hydrogen-bond donors (Lipinski definition) is 5. The summed E-state index contributed by atoms with van der Waals surface area (Å²) in [6.07, 6.45) is 1.61. The Hall–Kier alpha value is -5.39. The zero-order valence-electron chi connectivity index (χ0n) is 30.8. The Bertz CT molecular complexity index is 1870. The number of aromatic hydroxyl groups is 1. The van der Waals surface area contributed by atoms with Crippen LogP contribution >= 0.6 is 0 Å². The molecule has 5 rings (SSSR count). The van der Waals surface area contributed by atoms with Crippen LogP contribution in [-0.2, 0) is 38.5 Å². The van der Waals surface area contributed by atoms with Gasteiger partial charge in [-0.2, -0.15) is 0 Å². The molecule has 0 fully saturated rings. The maximum absolute atomic E-state index is 14.8. The number of aromatic nitrogens is 2. The molecule has 1 aromatic heterocycles. The number of carbonyl (C=O) groups excluding carboxylic acids is 4. The summed E-state index contributed by atoms with van der Waals surface area (Å²) in [5, 5.41) is 19.0. The predicted octanol–water partition coefficient (Wildman–Crippen LogP) is 5.44. The van der Waals surface area contributed by atoms with Crippen molar-refractivity contribution >= 4 is 34.8 Å². The van der Waals surface area contributed by atoms with Crippen LogP contribution in [0.3, 0.4) is 0 Å². The zero-order valence-corrected chi connectivity index (χ0v) is 30.8. The number of phenols is 1. The molecule has 0 spiro atoms. The van der Waals surface area contributed by atoms with Gasteiger partial charge in [-0.15, -0.1) is 0 Å². The molecule has 2 unspecified atom stereocenters. The number of nitrogens with one attached hydrogen (secondary N) is 4. The molecule has 3 aromatic carbocycles. The molecule has 276 valence electrons. The Kier molecular flexibility index (Phi) is 11.9. The first-order valence-corrected chi connectivity index (χ1v) is 17.8. The Labute approximate surface area is 304 Å². The monoisotopic (exact) mass is 710 g/mol.